The predicted octanol–water partition coefficient (Wildman–Crippen LogP) is 4.97. The van der Waals surface area contributed by atoms with Gasteiger partial charge in [0.2, 0.25) is 0 Å². The van der Waals surface area contributed by atoms with Crippen molar-refractivity contribution >= 4 is 5.57 Å². The monoisotopic (exact) mass is 280 g/mol. The van der Waals surface area contributed by atoms with Crippen LogP contribution in [0.5, 0.6) is 0 Å². The number of hydrogen-bond donors (Lipinski definition) is 0. The van der Waals surface area contributed by atoms with E-state index in [1.165, 1.54) is 33.4 Å². The Morgan fingerprint density at radius 1 is 0.818 bits per heavy atom. The first-order chi connectivity index (χ1) is 10.9. The second-order valence-electron chi connectivity index (χ2n) is 6.28. The molecule has 0 aromatic heterocycles. The number of hydrogen-bond acceptors (Lipinski definition) is 0. The third-order valence-electron chi connectivity index (χ3n) is 5.29. The van der Waals surface area contributed by atoms with Crippen molar-refractivity contribution in [3.8, 4) is 0 Å². The highest BCUT2D eigenvalue weighted by atomic mass is 14.5. The van der Waals surface area contributed by atoms with Crippen molar-refractivity contribution in [2.45, 2.75) is 18.3 Å². The van der Waals surface area contributed by atoms with Crippen molar-refractivity contribution < 1.29 is 0 Å². The Labute approximate surface area is 130 Å². The van der Waals surface area contributed by atoms with Crippen molar-refractivity contribution in [3.63, 3.8) is 0 Å². The molecule has 0 saturated carbocycles. The SMILES string of the molecule is C1=C2C=CC=CC=1C1(CCc3ccccc31)c1ccccc12. The van der Waals surface area contributed by atoms with Gasteiger partial charge in [-0.05, 0) is 47.2 Å². The molecule has 0 aliphatic heterocycles. The maximum atomic E-state index is 3.70. The van der Waals surface area contributed by atoms with E-state index in [-0.39, 0.29) is 5.41 Å². The van der Waals surface area contributed by atoms with Crippen LogP contribution in [-0.4, -0.2) is 0 Å². The molecule has 1 unspecified atom stereocenters. The molecule has 0 heterocycles. The summed E-state index contributed by atoms with van der Waals surface area (Å²) in [6.45, 7) is 0. The summed E-state index contributed by atoms with van der Waals surface area (Å²) in [6, 6.07) is 17.8. The number of benzene rings is 2. The number of rotatable bonds is 0. The normalized spacial score (nSPS) is 23.6. The molecule has 0 radical (unpaired) electrons. The molecule has 0 heteroatoms. The maximum absolute atomic E-state index is 3.70. The second kappa shape index (κ2) is 4.22. The van der Waals surface area contributed by atoms with Crippen LogP contribution in [0.2, 0.25) is 0 Å². The van der Waals surface area contributed by atoms with E-state index >= 15 is 0 Å². The molecular weight excluding hydrogens is 264 g/mol. The van der Waals surface area contributed by atoms with Gasteiger partial charge in [0.25, 0.3) is 0 Å². The van der Waals surface area contributed by atoms with E-state index in [1.807, 2.05) is 0 Å². The summed E-state index contributed by atoms with van der Waals surface area (Å²) in [5.74, 6) is 0. The highest BCUT2D eigenvalue weighted by molar-refractivity contribution is 5.83. The van der Waals surface area contributed by atoms with Gasteiger partial charge in [0.15, 0.2) is 0 Å². The molecule has 3 aliphatic rings. The molecule has 22 heavy (non-hydrogen) atoms. The van der Waals surface area contributed by atoms with Crippen LogP contribution in [0.15, 0.2) is 84.1 Å². The zero-order valence-corrected chi connectivity index (χ0v) is 12.3. The van der Waals surface area contributed by atoms with Crippen LogP contribution >= 0.6 is 0 Å². The highest BCUT2D eigenvalue weighted by Crippen LogP contribution is 2.53. The molecule has 1 atom stereocenters. The summed E-state index contributed by atoms with van der Waals surface area (Å²) in [4.78, 5) is 0. The minimum atomic E-state index is -0.0147. The van der Waals surface area contributed by atoms with Gasteiger partial charge in [-0.25, -0.2) is 0 Å². The molecule has 0 nitrogen and oxygen atoms in total. The lowest BCUT2D eigenvalue weighted by Gasteiger charge is -2.36. The zero-order valence-electron chi connectivity index (χ0n) is 12.3. The molecule has 0 saturated heterocycles. The van der Waals surface area contributed by atoms with Gasteiger partial charge in [0.1, 0.15) is 0 Å². The van der Waals surface area contributed by atoms with Crippen LogP contribution in [0.3, 0.4) is 0 Å². The van der Waals surface area contributed by atoms with Crippen LogP contribution < -0.4 is 0 Å². The summed E-state index contributed by atoms with van der Waals surface area (Å²) in [7, 11) is 0. The minimum Gasteiger partial charge on any atom is -0.107 e. The zero-order chi connectivity index (χ0) is 14.6. The summed E-state index contributed by atoms with van der Waals surface area (Å²) in [5.41, 5.74) is 12.0. The van der Waals surface area contributed by atoms with Crippen molar-refractivity contribution in [1.29, 1.82) is 0 Å². The molecule has 3 aliphatic carbocycles. The molecule has 5 rings (SSSR count). The van der Waals surface area contributed by atoms with Gasteiger partial charge in [-0.15, -0.1) is 5.73 Å². The quantitative estimate of drug-likeness (QED) is 0.598. The lowest BCUT2D eigenvalue weighted by molar-refractivity contribution is 0.606. The Morgan fingerprint density at radius 2 is 1.59 bits per heavy atom. The number of aryl methyl sites for hydroxylation is 1. The van der Waals surface area contributed by atoms with Crippen LogP contribution in [0.4, 0.5) is 0 Å². The smallest absolute Gasteiger partial charge is 0.0536 e. The summed E-state index contributed by atoms with van der Waals surface area (Å²) in [6.07, 6.45) is 11.0. The first kappa shape index (κ1) is 12.0. The average Bonchev–Trinajstić information content (AvgIpc) is 2.81. The molecule has 0 N–H and O–H groups in total. The Kier molecular flexibility index (Phi) is 2.31. The molecule has 2 aromatic rings. The van der Waals surface area contributed by atoms with Crippen LogP contribution in [0.25, 0.3) is 5.57 Å². The van der Waals surface area contributed by atoms with E-state index in [0.717, 1.165) is 12.8 Å². The molecule has 0 amide bonds. The fourth-order valence-corrected chi connectivity index (χ4v) is 4.34. The average molecular weight is 280 g/mol. The van der Waals surface area contributed by atoms with E-state index in [0.29, 0.717) is 0 Å². The summed E-state index contributed by atoms with van der Waals surface area (Å²) >= 11 is 0. The first-order valence-electron chi connectivity index (χ1n) is 7.94. The summed E-state index contributed by atoms with van der Waals surface area (Å²) < 4.78 is 0. The van der Waals surface area contributed by atoms with Crippen molar-refractivity contribution in [2.75, 3.05) is 0 Å². The third-order valence-corrected chi connectivity index (χ3v) is 5.29. The van der Waals surface area contributed by atoms with Gasteiger partial charge >= 0.3 is 0 Å². The van der Waals surface area contributed by atoms with Gasteiger partial charge in [-0.2, -0.15) is 0 Å². The van der Waals surface area contributed by atoms with Crippen molar-refractivity contribution in [3.05, 3.63) is 106 Å². The fraction of sp³-hybridized carbons (Fsp3) is 0.136. The van der Waals surface area contributed by atoms with E-state index in [4.69, 9.17) is 0 Å². The van der Waals surface area contributed by atoms with Gasteiger partial charge in [-0.3, -0.25) is 0 Å². The molecule has 104 valence electrons. The molecule has 2 bridgehead atoms. The van der Waals surface area contributed by atoms with Gasteiger partial charge in [0.05, 0.1) is 5.41 Å². The molecule has 0 fully saturated rings. The van der Waals surface area contributed by atoms with E-state index < -0.39 is 0 Å². The largest absolute Gasteiger partial charge is 0.107 e. The molecule has 2 aromatic carbocycles. The molecular formula is C22H16. The van der Waals surface area contributed by atoms with Gasteiger partial charge in [-0.1, -0.05) is 60.7 Å². The second-order valence-corrected chi connectivity index (χ2v) is 6.28. The topological polar surface area (TPSA) is 0 Å². The lowest BCUT2D eigenvalue weighted by Crippen LogP contribution is -2.29. The van der Waals surface area contributed by atoms with Gasteiger partial charge in [0, 0.05) is 11.1 Å². The predicted molar refractivity (Wildman–Crippen MR) is 90.7 cm³/mol. The Hall–Kier alpha value is -2.56. The summed E-state index contributed by atoms with van der Waals surface area (Å²) in [5, 5.41) is 0. The third kappa shape index (κ3) is 1.38. The maximum Gasteiger partial charge on any atom is 0.0536 e. The Bertz CT molecular complexity index is 917. The van der Waals surface area contributed by atoms with Crippen LogP contribution in [0.1, 0.15) is 28.7 Å². The van der Waals surface area contributed by atoms with E-state index in [9.17, 15) is 0 Å². The van der Waals surface area contributed by atoms with Crippen molar-refractivity contribution in [2.24, 2.45) is 0 Å². The Balaban J connectivity index is 1.93. The fourth-order valence-electron chi connectivity index (χ4n) is 4.34. The first-order valence-corrected chi connectivity index (χ1v) is 7.94. The van der Waals surface area contributed by atoms with E-state index in [1.54, 1.807) is 0 Å². The standard InChI is InChI=1S/C22H16/c1-3-9-18-15-17(8-1)19-10-4-6-12-21(19)22(18)14-13-16-7-2-5-11-20(16)22/h1-12H,13-14H2. The number of allylic oxidation sites excluding steroid dienone is 5. The minimum absolute atomic E-state index is 0.0147. The van der Waals surface area contributed by atoms with Gasteiger partial charge < -0.3 is 0 Å². The van der Waals surface area contributed by atoms with Crippen LogP contribution in [-0.2, 0) is 11.8 Å². The van der Waals surface area contributed by atoms with E-state index in [2.05, 4.69) is 78.6 Å². The lowest BCUT2D eigenvalue weighted by atomic mass is 9.66. The Morgan fingerprint density at radius 3 is 2.55 bits per heavy atom. The number of fused-ring (bicyclic) bond motifs is 6. The van der Waals surface area contributed by atoms with Crippen molar-refractivity contribution in [1.82, 2.24) is 0 Å². The van der Waals surface area contributed by atoms with Crippen LogP contribution in [0, 0.1) is 0 Å². The molecule has 1 spiro atoms. The highest BCUT2D eigenvalue weighted by Gasteiger charge is 2.45.